The van der Waals surface area contributed by atoms with Crippen LogP contribution in [0.15, 0.2) is 36.5 Å². The molecule has 0 radical (unpaired) electrons. The number of aliphatic carboxylic acids is 1. The van der Waals surface area contributed by atoms with Crippen molar-refractivity contribution >= 4 is 11.8 Å². The summed E-state index contributed by atoms with van der Waals surface area (Å²) in [5, 5.41) is 8.51. The summed E-state index contributed by atoms with van der Waals surface area (Å²) in [5.74, 6) is -0.604. The molecule has 0 saturated heterocycles. The third-order valence-corrected chi connectivity index (χ3v) is 3.24. The fourth-order valence-electron chi connectivity index (χ4n) is 2.02. The highest BCUT2D eigenvalue weighted by Crippen LogP contribution is 2.07. The van der Waals surface area contributed by atoms with Crippen LogP contribution in [0.1, 0.15) is 58.8 Å². The Morgan fingerprint density at radius 3 is 2.22 bits per heavy atom. The van der Waals surface area contributed by atoms with Gasteiger partial charge >= 0.3 is 5.97 Å². The molecule has 0 aromatic rings. The summed E-state index contributed by atoms with van der Waals surface area (Å²) in [6.45, 7) is 4.64. The molecule has 0 bridgehead atoms. The highest BCUT2D eigenvalue weighted by Gasteiger charge is 1.98. The number of ether oxygens (including phenoxy) is 1. The molecule has 0 amide bonds. The van der Waals surface area contributed by atoms with Gasteiger partial charge in [-0.1, -0.05) is 49.6 Å². The number of carbonyl (C=O) groups excluding carboxylic acids is 1. The monoisotopic (exact) mass is 322 g/mol. The Balaban J connectivity index is 3.63. The first-order valence-corrected chi connectivity index (χ1v) is 8.44. The van der Waals surface area contributed by atoms with E-state index in [9.17, 15) is 9.59 Å². The second-order valence-corrected chi connectivity index (χ2v) is 5.42. The highest BCUT2D eigenvalue weighted by atomic mass is 16.5. The van der Waals surface area contributed by atoms with Gasteiger partial charge in [0.25, 0.3) is 0 Å². The molecule has 1 N–H and O–H groups in total. The lowest BCUT2D eigenvalue weighted by atomic mass is 10.1. The molecule has 0 fully saturated rings. The standard InChI is InChI=1S/C19H30O4/c1-3-23-17(2)13-9-7-8-11-15-18(20)14-10-5-4-6-12-16-19(21)22/h7-9,11,13,15,17H,3-6,10,12,14,16H2,1-2H3,(H,21,22). The number of carbonyl (C=O) groups is 2. The minimum atomic E-state index is -0.736. The van der Waals surface area contributed by atoms with Crippen molar-refractivity contribution in [3.63, 3.8) is 0 Å². The zero-order valence-corrected chi connectivity index (χ0v) is 14.4. The third kappa shape index (κ3) is 16.5. The maximum atomic E-state index is 11.6. The molecular formula is C19H30O4. The summed E-state index contributed by atoms with van der Waals surface area (Å²) in [6.07, 6.45) is 16.3. The van der Waals surface area contributed by atoms with Gasteiger partial charge in [-0.15, -0.1) is 0 Å². The van der Waals surface area contributed by atoms with E-state index >= 15 is 0 Å². The Kier molecular flexibility index (Phi) is 14.1. The summed E-state index contributed by atoms with van der Waals surface area (Å²) in [5.41, 5.74) is 0. The van der Waals surface area contributed by atoms with E-state index in [-0.39, 0.29) is 18.3 Å². The number of rotatable bonds is 14. The van der Waals surface area contributed by atoms with Gasteiger partial charge in [0.05, 0.1) is 6.10 Å². The van der Waals surface area contributed by atoms with Crippen molar-refractivity contribution in [3.05, 3.63) is 36.5 Å². The van der Waals surface area contributed by atoms with Crippen LogP contribution in [0.25, 0.3) is 0 Å². The molecule has 0 aromatic carbocycles. The lowest BCUT2D eigenvalue weighted by molar-refractivity contribution is -0.137. The quantitative estimate of drug-likeness (QED) is 0.291. The SMILES string of the molecule is CCOC(C)C=CC=CC=CC(=O)CCCCCCCC(=O)O. The maximum Gasteiger partial charge on any atom is 0.303 e. The predicted molar refractivity (Wildman–Crippen MR) is 93.5 cm³/mol. The van der Waals surface area contributed by atoms with Crippen LogP contribution in [0, 0.1) is 0 Å². The van der Waals surface area contributed by atoms with Crippen LogP contribution in [0.5, 0.6) is 0 Å². The van der Waals surface area contributed by atoms with E-state index in [1.807, 2.05) is 38.2 Å². The van der Waals surface area contributed by atoms with E-state index in [0.717, 1.165) is 32.1 Å². The third-order valence-electron chi connectivity index (χ3n) is 3.24. The Bertz CT molecular complexity index is 408. The van der Waals surface area contributed by atoms with E-state index < -0.39 is 5.97 Å². The highest BCUT2D eigenvalue weighted by molar-refractivity contribution is 5.89. The normalized spacial score (nSPS) is 13.3. The number of hydrogen-bond donors (Lipinski definition) is 1. The Labute approximate surface area is 139 Å². The van der Waals surface area contributed by atoms with Gasteiger partial charge in [-0.25, -0.2) is 0 Å². The van der Waals surface area contributed by atoms with E-state index in [2.05, 4.69) is 0 Å². The molecule has 0 heterocycles. The molecule has 0 aliphatic carbocycles. The van der Waals surface area contributed by atoms with Crippen LogP contribution in [-0.2, 0) is 14.3 Å². The molecule has 4 nitrogen and oxygen atoms in total. The average Bonchev–Trinajstić information content (AvgIpc) is 2.49. The largest absolute Gasteiger partial charge is 0.481 e. The second-order valence-electron chi connectivity index (χ2n) is 5.42. The topological polar surface area (TPSA) is 63.6 Å². The number of ketones is 1. The number of unbranched alkanes of at least 4 members (excludes halogenated alkanes) is 4. The van der Waals surface area contributed by atoms with Crippen molar-refractivity contribution in [2.75, 3.05) is 6.61 Å². The Morgan fingerprint density at radius 2 is 1.57 bits per heavy atom. The Morgan fingerprint density at radius 1 is 0.957 bits per heavy atom. The molecule has 4 heteroatoms. The molecular weight excluding hydrogens is 292 g/mol. The second kappa shape index (κ2) is 15.2. The van der Waals surface area contributed by atoms with Gasteiger partial charge in [0.1, 0.15) is 0 Å². The van der Waals surface area contributed by atoms with E-state index in [1.165, 1.54) is 0 Å². The molecule has 0 aliphatic rings. The van der Waals surface area contributed by atoms with Gasteiger partial charge in [0.15, 0.2) is 5.78 Å². The zero-order chi connectivity index (χ0) is 17.3. The van der Waals surface area contributed by atoms with Crippen LogP contribution < -0.4 is 0 Å². The first kappa shape index (κ1) is 21.3. The number of carboxylic acid groups (broad SMARTS) is 1. The van der Waals surface area contributed by atoms with Crippen LogP contribution in [-0.4, -0.2) is 29.6 Å². The lowest BCUT2D eigenvalue weighted by Gasteiger charge is -2.03. The van der Waals surface area contributed by atoms with Crippen LogP contribution in [0.4, 0.5) is 0 Å². The van der Waals surface area contributed by atoms with Crippen LogP contribution >= 0.6 is 0 Å². The number of carboxylic acids is 1. The summed E-state index contributed by atoms with van der Waals surface area (Å²) >= 11 is 0. The van der Waals surface area contributed by atoms with E-state index in [4.69, 9.17) is 9.84 Å². The van der Waals surface area contributed by atoms with Gasteiger partial charge in [0.2, 0.25) is 0 Å². The van der Waals surface area contributed by atoms with Gasteiger partial charge in [-0.2, -0.15) is 0 Å². The maximum absolute atomic E-state index is 11.6. The van der Waals surface area contributed by atoms with Gasteiger partial charge in [-0.05, 0) is 32.8 Å². The van der Waals surface area contributed by atoms with Crippen molar-refractivity contribution in [2.24, 2.45) is 0 Å². The van der Waals surface area contributed by atoms with Crippen LogP contribution in [0.2, 0.25) is 0 Å². The van der Waals surface area contributed by atoms with E-state index in [0.29, 0.717) is 13.0 Å². The molecule has 1 unspecified atom stereocenters. The van der Waals surface area contributed by atoms with Crippen molar-refractivity contribution in [3.8, 4) is 0 Å². The first-order chi connectivity index (χ1) is 11.1. The number of allylic oxidation sites excluding steroid dienone is 5. The minimum absolute atomic E-state index is 0.103. The fraction of sp³-hybridized carbons (Fsp3) is 0.579. The summed E-state index contributed by atoms with van der Waals surface area (Å²) in [6, 6.07) is 0. The summed E-state index contributed by atoms with van der Waals surface area (Å²) < 4.78 is 5.36. The molecule has 0 spiro atoms. The zero-order valence-electron chi connectivity index (χ0n) is 14.4. The lowest BCUT2D eigenvalue weighted by Crippen LogP contribution is -2.02. The summed E-state index contributed by atoms with van der Waals surface area (Å²) in [7, 11) is 0. The molecule has 0 aliphatic heterocycles. The van der Waals surface area contributed by atoms with Crippen molar-refractivity contribution < 1.29 is 19.4 Å². The molecule has 130 valence electrons. The van der Waals surface area contributed by atoms with Crippen molar-refractivity contribution in [1.82, 2.24) is 0 Å². The molecule has 1 atom stereocenters. The van der Waals surface area contributed by atoms with Gasteiger partial charge < -0.3 is 9.84 Å². The average molecular weight is 322 g/mol. The van der Waals surface area contributed by atoms with Gasteiger partial charge in [-0.3, -0.25) is 9.59 Å². The van der Waals surface area contributed by atoms with Gasteiger partial charge in [0, 0.05) is 19.4 Å². The van der Waals surface area contributed by atoms with Crippen molar-refractivity contribution in [1.29, 1.82) is 0 Å². The Hall–Kier alpha value is -1.68. The minimum Gasteiger partial charge on any atom is -0.481 e. The summed E-state index contributed by atoms with van der Waals surface area (Å²) in [4.78, 5) is 21.9. The van der Waals surface area contributed by atoms with E-state index in [1.54, 1.807) is 12.2 Å². The fourth-order valence-corrected chi connectivity index (χ4v) is 2.02. The van der Waals surface area contributed by atoms with Crippen LogP contribution in [0.3, 0.4) is 0 Å². The molecule has 0 aromatic heterocycles. The number of hydrogen-bond acceptors (Lipinski definition) is 3. The molecule has 0 rings (SSSR count). The smallest absolute Gasteiger partial charge is 0.303 e. The predicted octanol–water partition coefficient (Wildman–Crippen LogP) is 4.46. The molecule has 0 saturated carbocycles. The first-order valence-electron chi connectivity index (χ1n) is 8.44. The molecule has 23 heavy (non-hydrogen) atoms. The van der Waals surface area contributed by atoms with Crippen molar-refractivity contribution in [2.45, 2.75) is 64.9 Å².